The molecule has 1 spiro atoms. The van der Waals surface area contributed by atoms with Crippen molar-refractivity contribution in [3.05, 3.63) is 42.2 Å². The lowest BCUT2D eigenvalue weighted by Crippen LogP contribution is -2.18. The van der Waals surface area contributed by atoms with E-state index < -0.39 is 0 Å². The number of nitrogens with zero attached hydrogens (tertiary/aromatic N) is 1. The molecule has 0 bridgehead atoms. The number of hydrogen-bond donors (Lipinski definition) is 1. The van der Waals surface area contributed by atoms with Gasteiger partial charge in [0.2, 0.25) is 5.91 Å². The van der Waals surface area contributed by atoms with Crippen molar-refractivity contribution in [2.45, 2.75) is 31.6 Å². The van der Waals surface area contributed by atoms with Crippen LogP contribution in [0.5, 0.6) is 5.75 Å². The SMILES string of the molecule is CCCOc1cncc(-c2ccc3c(c2)NC(=O)C32CC2)c1. The highest BCUT2D eigenvalue weighted by molar-refractivity contribution is 6.08. The first-order valence-corrected chi connectivity index (χ1v) is 7.77. The third kappa shape index (κ3) is 1.98. The summed E-state index contributed by atoms with van der Waals surface area (Å²) in [6, 6.07) is 8.18. The molecule has 22 heavy (non-hydrogen) atoms. The van der Waals surface area contributed by atoms with Crippen LogP contribution >= 0.6 is 0 Å². The maximum absolute atomic E-state index is 12.1. The van der Waals surface area contributed by atoms with Crippen molar-refractivity contribution in [2.24, 2.45) is 0 Å². The molecule has 0 unspecified atom stereocenters. The number of anilines is 1. The Hall–Kier alpha value is -2.36. The highest BCUT2D eigenvalue weighted by Gasteiger charge is 2.56. The third-order valence-corrected chi connectivity index (χ3v) is 4.49. The zero-order chi connectivity index (χ0) is 15.2. The number of benzene rings is 1. The Bertz CT molecular complexity index is 751. The van der Waals surface area contributed by atoms with E-state index in [-0.39, 0.29) is 11.3 Å². The molecule has 4 nitrogen and oxygen atoms in total. The maximum Gasteiger partial charge on any atom is 0.235 e. The van der Waals surface area contributed by atoms with Gasteiger partial charge in [-0.2, -0.15) is 0 Å². The van der Waals surface area contributed by atoms with Gasteiger partial charge >= 0.3 is 0 Å². The van der Waals surface area contributed by atoms with Gasteiger partial charge in [0.15, 0.2) is 0 Å². The largest absolute Gasteiger partial charge is 0.492 e. The molecule has 0 radical (unpaired) electrons. The van der Waals surface area contributed by atoms with E-state index in [9.17, 15) is 4.79 Å². The lowest BCUT2D eigenvalue weighted by Gasteiger charge is -2.09. The fraction of sp³-hybridized carbons (Fsp3) is 0.333. The number of nitrogens with one attached hydrogen (secondary N) is 1. The van der Waals surface area contributed by atoms with E-state index >= 15 is 0 Å². The quantitative estimate of drug-likeness (QED) is 0.938. The van der Waals surface area contributed by atoms with Crippen LogP contribution in [-0.4, -0.2) is 17.5 Å². The topological polar surface area (TPSA) is 51.2 Å². The molecule has 1 aromatic heterocycles. The Morgan fingerprint density at radius 3 is 2.86 bits per heavy atom. The molecule has 2 heterocycles. The molecule has 2 aliphatic rings. The highest BCUT2D eigenvalue weighted by atomic mass is 16.5. The summed E-state index contributed by atoms with van der Waals surface area (Å²) < 4.78 is 5.64. The number of carbonyl (C=O) groups excluding carboxylic acids is 1. The Morgan fingerprint density at radius 1 is 1.23 bits per heavy atom. The second-order valence-corrected chi connectivity index (χ2v) is 6.05. The lowest BCUT2D eigenvalue weighted by molar-refractivity contribution is -0.117. The molecule has 1 N–H and O–H groups in total. The molecule has 2 aromatic rings. The molecule has 0 saturated heterocycles. The molecule has 1 saturated carbocycles. The Balaban J connectivity index is 1.67. The van der Waals surface area contributed by atoms with Crippen LogP contribution in [0.4, 0.5) is 5.69 Å². The van der Waals surface area contributed by atoms with E-state index in [1.54, 1.807) is 6.20 Å². The fourth-order valence-corrected chi connectivity index (χ4v) is 3.11. The third-order valence-electron chi connectivity index (χ3n) is 4.49. The minimum atomic E-state index is -0.224. The normalized spacial score (nSPS) is 17.2. The van der Waals surface area contributed by atoms with E-state index in [1.807, 2.05) is 18.3 Å². The number of amides is 1. The number of pyridine rings is 1. The van der Waals surface area contributed by atoms with Crippen LogP contribution in [0.25, 0.3) is 11.1 Å². The summed E-state index contributed by atoms with van der Waals surface area (Å²) in [6.07, 6.45) is 6.45. The van der Waals surface area contributed by atoms with Crippen molar-refractivity contribution < 1.29 is 9.53 Å². The van der Waals surface area contributed by atoms with Crippen LogP contribution in [0.2, 0.25) is 0 Å². The smallest absolute Gasteiger partial charge is 0.235 e. The zero-order valence-corrected chi connectivity index (χ0v) is 12.6. The summed E-state index contributed by atoms with van der Waals surface area (Å²) in [5.41, 5.74) is 3.92. The molecule has 112 valence electrons. The van der Waals surface area contributed by atoms with Crippen molar-refractivity contribution in [3.63, 3.8) is 0 Å². The Morgan fingerprint density at radius 2 is 2.09 bits per heavy atom. The van der Waals surface area contributed by atoms with Gasteiger partial charge in [0.05, 0.1) is 18.2 Å². The van der Waals surface area contributed by atoms with Gasteiger partial charge in [-0.25, -0.2) is 0 Å². The molecule has 1 aliphatic carbocycles. The van der Waals surface area contributed by atoms with E-state index in [0.29, 0.717) is 6.61 Å². The zero-order valence-electron chi connectivity index (χ0n) is 12.6. The van der Waals surface area contributed by atoms with Crippen LogP contribution in [-0.2, 0) is 10.2 Å². The molecule has 0 atom stereocenters. The second-order valence-electron chi connectivity index (χ2n) is 6.05. The Kier molecular flexibility index (Phi) is 2.93. The summed E-state index contributed by atoms with van der Waals surface area (Å²) in [4.78, 5) is 16.3. The average molecular weight is 294 g/mol. The number of hydrogen-bond acceptors (Lipinski definition) is 3. The molecular weight excluding hydrogens is 276 g/mol. The van der Waals surface area contributed by atoms with Crippen molar-refractivity contribution in [3.8, 4) is 16.9 Å². The van der Waals surface area contributed by atoms with E-state index in [2.05, 4.69) is 29.4 Å². The first-order chi connectivity index (χ1) is 10.7. The van der Waals surface area contributed by atoms with Gasteiger partial charge in [0.25, 0.3) is 0 Å². The van der Waals surface area contributed by atoms with Crippen molar-refractivity contribution >= 4 is 11.6 Å². The van der Waals surface area contributed by atoms with Gasteiger partial charge < -0.3 is 10.1 Å². The maximum atomic E-state index is 12.1. The van der Waals surface area contributed by atoms with Gasteiger partial charge in [-0.05, 0) is 42.5 Å². The summed E-state index contributed by atoms with van der Waals surface area (Å²) in [6.45, 7) is 2.77. The van der Waals surface area contributed by atoms with Crippen molar-refractivity contribution in [1.29, 1.82) is 0 Å². The molecular formula is C18H18N2O2. The summed E-state index contributed by atoms with van der Waals surface area (Å²) in [7, 11) is 0. The minimum absolute atomic E-state index is 0.151. The standard InChI is InChI=1S/C18H18N2O2/c1-2-7-22-14-8-13(10-19-11-14)12-3-4-15-16(9-12)20-17(21)18(15)5-6-18/h3-4,8-11H,2,5-7H2,1H3,(H,20,21). The van der Waals surface area contributed by atoms with Crippen LogP contribution < -0.4 is 10.1 Å². The van der Waals surface area contributed by atoms with Gasteiger partial charge in [-0.3, -0.25) is 9.78 Å². The molecule has 1 aromatic carbocycles. The van der Waals surface area contributed by atoms with E-state index in [4.69, 9.17) is 4.74 Å². The monoisotopic (exact) mass is 294 g/mol. The van der Waals surface area contributed by atoms with E-state index in [1.165, 1.54) is 0 Å². The Labute approximate surface area is 129 Å². The fourth-order valence-electron chi connectivity index (χ4n) is 3.11. The van der Waals surface area contributed by atoms with Gasteiger partial charge in [-0.1, -0.05) is 19.1 Å². The number of aromatic nitrogens is 1. The van der Waals surface area contributed by atoms with Gasteiger partial charge in [-0.15, -0.1) is 0 Å². The minimum Gasteiger partial charge on any atom is -0.492 e. The molecule has 1 aliphatic heterocycles. The molecule has 4 heteroatoms. The van der Waals surface area contributed by atoms with Crippen LogP contribution in [0.3, 0.4) is 0 Å². The first kappa shape index (κ1) is 13.3. The summed E-state index contributed by atoms with van der Waals surface area (Å²) >= 11 is 0. The van der Waals surface area contributed by atoms with Crippen molar-refractivity contribution in [1.82, 2.24) is 4.98 Å². The van der Waals surface area contributed by atoms with E-state index in [0.717, 1.165) is 47.4 Å². The van der Waals surface area contributed by atoms with Gasteiger partial charge in [0.1, 0.15) is 5.75 Å². The highest BCUT2D eigenvalue weighted by Crippen LogP contribution is 2.55. The van der Waals surface area contributed by atoms with Crippen molar-refractivity contribution in [2.75, 3.05) is 11.9 Å². The van der Waals surface area contributed by atoms with Gasteiger partial charge in [0, 0.05) is 17.4 Å². The predicted octanol–water partition coefficient (Wildman–Crippen LogP) is 3.52. The lowest BCUT2D eigenvalue weighted by atomic mass is 9.95. The number of fused-ring (bicyclic) bond motifs is 2. The number of rotatable bonds is 4. The average Bonchev–Trinajstić information content (AvgIpc) is 3.29. The second kappa shape index (κ2) is 4.83. The van der Waals surface area contributed by atoms with Crippen LogP contribution in [0.1, 0.15) is 31.7 Å². The van der Waals surface area contributed by atoms with Crippen LogP contribution in [0, 0.1) is 0 Å². The molecule has 4 rings (SSSR count). The molecule has 1 amide bonds. The summed E-state index contributed by atoms with van der Waals surface area (Å²) in [5, 5.41) is 3.02. The number of ether oxygens (including phenoxy) is 1. The first-order valence-electron chi connectivity index (χ1n) is 7.77. The molecule has 1 fully saturated rings. The summed E-state index contributed by atoms with van der Waals surface area (Å²) in [5.74, 6) is 0.931. The van der Waals surface area contributed by atoms with Crippen LogP contribution in [0.15, 0.2) is 36.7 Å². The predicted molar refractivity (Wildman–Crippen MR) is 85.0 cm³/mol. The number of carbonyl (C=O) groups is 1.